The summed E-state index contributed by atoms with van der Waals surface area (Å²) in [5, 5.41) is 3.10. The van der Waals surface area contributed by atoms with E-state index in [1.54, 1.807) is 16.6 Å². The number of pyridine rings is 1. The fourth-order valence-electron chi connectivity index (χ4n) is 2.03. The van der Waals surface area contributed by atoms with Crippen LogP contribution in [0.15, 0.2) is 23.4 Å². The normalized spacial score (nSPS) is 11.8. The summed E-state index contributed by atoms with van der Waals surface area (Å²) < 4.78 is 27.1. The molecule has 1 aromatic rings. The molecule has 6 heteroatoms. The van der Waals surface area contributed by atoms with Crippen molar-refractivity contribution in [2.45, 2.75) is 51.3 Å². The Morgan fingerprint density at radius 1 is 1.10 bits per heavy atom. The van der Waals surface area contributed by atoms with Crippen molar-refractivity contribution >= 4 is 15.7 Å². The SMILES string of the molecule is CCCCN(CCCC)S(=O)(=O)c1cncc(NCC)c1. The summed E-state index contributed by atoms with van der Waals surface area (Å²) in [5.74, 6) is 0. The van der Waals surface area contributed by atoms with Crippen LogP contribution in [0, 0.1) is 0 Å². The Balaban J connectivity index is 3.00. The standard InChI is InChI=1S/C15H27N3O2S/c1-4-7-9-18(10-8-5-2)21(19,20)15-11-14(17-6-3)12-16-13-15/h11-13,17H,4-10H2,1-3H3. The van der Waals surface area contributed by atoms with Crippen molar-refractivity contribution in [2.24, 2.45) is 0 Å². The van der Waals surface area contributed by atoms with Gasteiger partial charge >= 0.3 is 0 Å². The highest BCUT2D eigenvalue weighted by Gasteiger charge is 2.24. The quantitative estimate of drug-likeness (QED) is 0.721. The van der Waals surface area contributed by atoms with E-state index in [-0.39, 0.29) is 4.90 Å². The number of nitrogens with zero attached hydrogens (tertiary/aromatic N) is 2. The van der Waals surface area contributed by atoms with Crippen LogP contribution >= 0.6 is 0 Å². The van der Waals surface area contributed by atoms with Crippen LogP contribution in [-0.2, 0) is 10.0 Å². The van der Waals surface area contributed by atoms with Gasteiger partial charge in [-0.15, -0.1) is 0 Å². The van der Waals surface area contributed by atoms with Gasteiger partial charge in [-0.25, -0.2) is 8.42 Å². The van der Waals surface area contributed by atoms with Gasteiger partial charge in [0.05, 0.1) is 11.9 Å². The molecule has 120 valence electrons. The molecule has 1 rings (SSSR count). The van der Waals surface area contributed by atoms with E-state index in [4.69, 9.17) is 0 Å². The van der Waals surface area contributed by atoms with Gasteiger partial charge in [-0.05, 0) is 25.8 Å². The zero-order valence-corrected chi connectivity index (χ0v) is 14.1. The molecule has 21 heavy (non-hydrogen) atoms. The van der Waals surface area contributed by atoms with Crippen LogP contribution in [0.3, 0.4) is 0 Å². The summed E-state index contributed by atoms with van der Waals surface area (Å²) >= 11 is 0. The molecule has 0 fully saturated rings. The van der Waals surface area contributed by atoms with E-state index in [1.165, 1.54) is 6.20 Å². The van der Waals surface area contributed by atoms with Crippen LogP contribution in [0.4, 0.5) is 5.69 Å². The van der Waals surface area contributed by atoms with Gasteiger partial charge in [0.1, 0.15) is 4.90 Å². The van der Waals surface area contributed by atoms with Gasteiger partial charge in [0.2, 0.25) is 10.0 Å². The average molecular weight is 313 g/mol. The first-order chi connectivity index (χ1) is 10.1. The fraction of sp³-hybridized carbons (Fsp3) is 0.667. The molecule has 1 heterocycles. The highest BCUT2D eigenvalue weighted by atomic mass is 32.2. The number of hydrogen-bond acceptors (Lipinski definition) is 4. The largest absolute Gasteiger partial charge is 0.384 e. The summed E-state index contributed by atoms with van der Waals surface area (Å²) in [5.41, 5.74) is 0.740. The number of aromatic nitrogens is 1. The molecular formula is C15H27N3O2S. The van der Waals surface area contributed by atoms with Crippen LogP contribution in [0.2, 0.25) is 0 Å². The molecule has 0 saturated heterocycles. The molecule has 0 atom stereocenters. The van der Waals surface area contributed by atoms with Crippen LogP contribution in [0.5, 0.6) is 0 Å². The van der Waals surface area contributed by atoms with Crippen molar-refractivity contribution in [3.05, 3.63) is 18.5 Å². The van der Waals surface area contributed by atoms with Crippen molar-refractivity contribution < 1.29 is 8.42 Å². The Hall–Kier alpha value is -1.14. The summed E-state index contributed by atoms with van der Waals surface area (Å²) in [7, 11) is -3.46. The topological polar surface area (TPSA) is 62.3 Å². The Labute approximate surface area is 128 Å². The molecule has 0 saturated carbocycles. The molecule has 0 aliphatic heterocycles. The van der Waals surface area contributed by atoms with E-state index in [9.17, 15) is 8.42 Å². The number of anilines is 1. The molecule has 0 aliphatic carbocycles. The lowest BCUT2D eigenvalue weighted by atomic mass is 10.3. The second-order valence-electron chi connectivity index (χ2n) is 5.05. The summed E-state index contributed by atoms with van der Waals surface area (Å²) in [6, 6.07) is 1.66. The van der Waals surface area contributed by atoms with Gasteiger partial charge in [0, 0.05) is 25.8 Å². The first-order valence-electron chi connectivity index (χ1n) is 7.75. The van der Waals surface area contributed by atoms with Crippen LogP contribution in [0.25, 0.3) is 0 Å². The fourth-order valence-corrected chi connectivity index (χ4v) is 3.54. The number of hydrogen-bond donors (Lipinski definition) is 1. The molecule has 1 N–H and O–H groups in total. The summed E-state index contributed by atoms with van der Waals surface area (Å²) in [6.07, 6.45) is 6.79. The molecule has 0 aromatic carbocycles. The molecule has 1 aromatic heterocycles. The van der Waals surface area contributed by atoms with E-state index in [2.05, 4.69) is 24.1 Å². The van der Waals surface area contributed by atoms with Crippen molar-refractivity contribution in [3.63, 3.8) is 0 Å². The number of sulfonamides is 1. The first kappa shape index (κ1) is 17.9. The van der Waals surface area contributed by atoms with E-state index < -0.39 is 10.0 Å². The lowest BCUT2D eigenvalue weighted by molar-refractivity contribution is 0.395. The second-order valence-corrected chi connectivity index (χ2v) is 6.99. The molecule has 0 radical (unpaired) electrons. The maximum atomic E-state index is 12.8. The van der Waals surface area contributed by atoms with Crippen LogP contribution in [0.1, 0.15) is 46.5 Å². The second kappa shape index (κ2) is 9.00. The minimum atomic E-state index is -3.46. The van der Waals surface area contributed by atoms with Gasteiger partial charge in [0.15, 0.2) is 0 Å². The number of nitrogens with one attached hydrogen (secondary N) is 1. The Morgan fingerprint density at radius 2 is 1.71 bits per heavy atom. The van der Waals surface area contributed by atoms with Gasteiger partial charge in [-0.3, -0.25) is 4.98 Å². The smallest absolute Gasteiger partial charge is 0.244 e. The van der Waals surface area contributed by atoms with Crippen LogP contribution < -0.4 is 5.32 Å². The van der Waals surface area contributed by atoms with Crippen molar-refractivity contribution in [1.82, 2.24) is 9.29 Å². The average Bonchev–Trinajstić information content (AvgIpc) is 2.48. The van der Waals surface area contributed by atoms with E-state index in [0.29, 0.717) is 13.1 Å². The third-order valence-electron chi connectivity index (χ3n) is 3.25. The zero-order valence-electron chi connectivity index (χ0n) is 13.3. The molecule has 0 unspecified atom stereocenters. The van der Waals surface area contributed by atoms with Crippen LogP contribution in [-0.4, -0.2) is 37.3 Å². The lowest BCUT2D eigenvalue weighted by Gasteiger charge is -2.22. The van der Waals surface area contributed by atoms with Crippen molar-refractivity contribution in [1.29, 1.82) is 0 Å². The number of rotatable bonds is 10. The Morgan fingerprint density at radius 3 is 2.24 bits per heavy atom. The van der Waals surface area contributed by atoms with Crippen molar-refractivity contribution in [2.75, 3.05) is 25.0 Å². The minimum absolute atomic E-state index is 0.271. The Kier molecular flexibility index (Phi) is 7.67. The molecule has 5 nitrogen and oxygen atoms in total. The van der Waals surface area contributed by atoms with Gasteiger partial charge in [-0.1, -0.05) is 26.7 Å². The van der Waals surface area contributed by atoms with E-state index >= 15 is 0 Å². The molecule has 0 bridgehead atoms. The first-order valence-corrected chi connectivity index (χ1v) is 9.19. The molecular weight excluding hydrogens is 286 g/mol. The lowest BCUT2D eigenvalue weighted by Crippen LogP contribution is -2.33. The summed E-state index contributed by atoms with van der Waals surface area (Å²) in [4.78, 5) is 4.32. The van der Waals surface area contributed by atoms with Gasteiger partial charge in [-0.2, -0.15) is 4.31 Å². The molecule has 0 amide bonds. The minimum Gasteiger partial charge on any atom is -0.384 e. The predicted molar refractivity (Wildman–Crippen MR) is 87.0 cm³/mol. The third-order valence-corrected chi connectivity index (χ3v) is 5.12. The molecule has 0 spiro atoms. The maximum absolute atomic E-state index is 12.8. The number of unbranched alkanes of at least 4 members (excludes halogenated alkanes) is 2. The monoisotopic (exact) mass is 313 g/mol. The maximum Gasteiger partial charge on any atom is 0.244 e. The predicted octanol–water partition coefficient (Wildman–Crippen LogP) is 3.10. The summed E-state index contributed by atoms with van der Waals surface area (Å²) in [6.45, 7) is 7.99. The molecule has 0 aliphatic rings. The highest BCUT2D eigenvalue weighted by molar-refractivity contribution is 7.89. The zero-order chi connectivity index (χ0) is 15.7. The van der Waals surface area contributed by atoms with E-state index in [0.717, 1.165) is 37.9 Å². The third kappa shape index (κ3) is 5.28. The van der Waals surface area contributed by atoms with E-state index in [1.807, 2.05) is 6.92 Å². The highest BCUT2D eigenvalue weighted by Crippen LogP contribution is 2.19. The van der Waals surface area contributed by atoms with Gasteiger partial charge in [0.25, 0.3) is 0 Å². The Bertz CT molecular complexity index is 509. The van der Waals surface area contributed by atoms with Crippen molar-refractivity contribution in [3.8, 4) is 0 Å². The van der Waals surface area contributed by atoms with Gasteiger partial charge < -0.3 is 5.32 Å².